The Balaban J connectivity index is 1.57. The largest absolute Gasteiger partial charge is 0.363 e. The molecule has 0 bridgehead atoms. The highest BCUT2D eigenvalue weighted by Gasteiger charge is 2.40. The molecule has 2 aromatic carbocycles. The van der Waals surface area contributed by atoms with Crippen molar-refractivity contribution in [1.82, 2.24) is 10.3 Å². The smallest absolute Gasteiger partial charge is 0.273 e. The average Bonchev–Trinajstić information content (AvgIpc) is 2.96. The molecule has 2 aliphatic rings. The molecule has 2 aliphatic heterocycles. The molecule has 0 aliphatic carbocycles. The van der Waals surface area contributed by atoms with Crippen molar-refractivity contribution >= 4 is 11.6 Å². The summed E-state index contributed by atoms with van der Waals surface area (Å²) in [6.07, 6.45) is 1.15. The van der Waals surface area contributed by atoms with Crippen molar-refractivity contribution in [2.75, 3.05) is 25.0 Å². The summed E-state index contributed by atoms with van der Waals surface area (Å²) in [5.74, 6) is 0.0714. The molecule has 0 aromatic heterocycles. The normalized spacial score (nSPS) is 21.8. The van der Waals surface area contributed by atoms with E-state index in [0.717, 1.165) is 31.6 Å². The number of likely N-dealkylation sites (N-methyl/N-ethyl adjacent to an activating group) is 1. The quantitative estimate of drug-likeness (QED) is 0.680. The van der Waals surface area contributed by atoms with Gasteiger partial charge in [0.1, 0.15) is 0 Å². The summed E-state index contributed by atoms with van der Waals surface area (Å²) < 4.78 is 0. The lowest BCUT2D eigenvalue weighted by Crippen LogP contribution is -2.44. The first-order valence-corrected chi connectivity index (χ1v) is 8.93. The zero-order valence-electron chi connectivity index (χ0n) is 14.8. The summed E-state index contributed by atoms with van der Waals surface area (Å²) in [6, 6.07) is 16.6. The van der Waals surface area contributed by atoms with E-state index in [1.54, 1.807) is 12.1 Å². The fourth-order valence-electron chi connectivity index (χ4n) is 4.29. The van der Waals surface area contributed by atoms with E-state index in [1.807, 2.05) is 17.6 Å². The van der Waals surface area contributed by atoms with Gasteiger partial charge in [-0.05, 0) is 49.3 Å². The highest BCUT2D eigenvalue weighted by Crippen LogP contribution is 2.44. The summed E-state index contributed by atoms with van der Waals surface area (Å²) in [5.41, 5.74) is 6.28. The first kappa shape index (κ1) is 16.7. The average molecular weight is 350 g/mol. The highest BCUT2D eigenvalue weighted by atomic mass is 16.3. The maximum absolute atomic E-state index is 11.7. The Hall–Kier alpha value is -2.73. The molecular formula is C20H22N4O2. The van der Waals surface area contributed by atoms with Crippen LogP contribution in [0.5, 0.6) is 0 Å². The number of nitrogens with one attached hydrogen (secondary N) is 1. The maximum Gasteiger partial charge on any atom is 0.273 e. The second kappa shape index (κ2) is 6.88. The summed E-state index contributed by atoms with van der Waals surface area (Å²) in [6.45, 7) is 3.02. The topological polar surface area (TPSA) is 65.0 Å². The summed E-state index contributed by atoms with van der Waals surface area (Å²) >= 11 is 0. The molecule has 1 N–H and O–H groups in total. The number of nitrogens with zero attached hydrogens (tertiary/aromatic N) is 3. The third-order valence-electron chi connectivity index (χ3n) is 5.54. The van der Waals surface area contributed by atoms with Crippen molar-refractivity contribution in [2.24, 2.45) is 5.29 Å². The van der Waals surface area contributed by atoms with E-state index >= 15 is 0 Å². The highest BCUT2D eigenvalue weighted by molar-refractivity contribution is 5.93. The van der Waals surface area contributed by atoms with Crippen LogP contribution in [0.2, 0.25) is 0 Å². The number of carbonyl (C=O) groups is 1. The molecule has 26 heavy (non-hydrogen) atoms. The molecule has 1 saturated heterocycles. The zero-order chi connectivity index (χ0) is 18.1. The minimum absolute atomic E-state index is 0.437. The van der Waals surface area contributed by atoms with E-state index in [9.17, 15) is 9.70 Å². The van der Waals surface area contributed by atoms with Crippen LogP contribution in [0.25, 0.3) is 0 Å². The number of carbonyl (C=O) groups excluding carboxylic acids is 1. The predicted octanol–water partition coefficient (Wildman–Crippen LogP) is 2.91. The molecular weight excluding hydrogens is 328 g/mol. The van der Waals surface area contributed by atoms with Crippen LogP contribution in [0.3, 0.4) is 0 Å². The molecule has 0 spiro atoms. The first-order chi connectivity index (χ1) is 12.7. The lowest BCUT2D eigenvalue weighted by atomic mass is 9.89. The van der Waals surface area contributed by atoms with Crippen LogP contribution in [0, 0.1) is 4.91 Å². The Labute approximate surface area is 152 Å². The van der Waals surface area contributed by atoms with Crippen LogP contribution in [-0.4, -0.2) is 37.0 Å². The van der Waals surface area contributed by atoms with E-state index in [0.29, 0.717) is 17.5 Å². The fraction of sp³-hybridized carbons (Fsp3) is 0.350. The number of fused-ring (bicyclic) bond motifs is 3. The molecule has 1 fully saturated rings. The van der Waals surface area contributed by atoms with Crippen LogP contribution in [0.1, 0.15) is 33.8 Å². The van der Waals surface area contributed by atoms with Gasteiger partial charge in [0.25, 0.3) is 5.91 Å². The van der Waals surface area contributed by atoms with E-state index in [4.69, 9.17) is 0 Å². The van der Waals surface area contributed by atoms with Gasteiger partial charge in [-0.25, -0.2) is 5.43 Å². The van der Waals surface area contributed by atoms with E-state index < -0.39 is 5.91 Å². The Bertz CT molecular complexity index is 821. The minimum atomic E-state index is -0.478. The number of benzene rings is 2. The molecule has 0 saturated carbocycles. The third-order valence-corrected chi connectivity index (χ3v) is 5.54. The van der Waals surface area contributed by atoms with Gasteiger partial charge in [-0.3, -0.25) is 4.79 Å². The van der Waals surface area contributed by atoms with E-state index in [2.05, 4.69) is 46.4 Å². The van der Waals surface area contributed by atoms with Crippen molar-refractivity contribution in [3.05, 3.63) is 70.1 Å². The monoisotopic (exact) mass is 350 g/mol. The second-order valence-corrected chi connectivity index (χ2v) is 7.14. The SMILES string of the molecule is CN1CCC2C(C1)c1ccccc1N2Cc1ccc(C(=O)NN=O)cc1. The van der Waals surface area contributed by atoms with Gasteiger partial charge in [0.15, 0.2) is 0 Å². The van der Waals surface area contributed by atoms with Gasteiger partial charge < -0.3 is 9.80 Å². The molecule has 2 heterocycles. The standard InChI is InChI=1S/C20H22N4O2/c1-23-11-10-19-17(13-23)16-4-2-3-5-18(16)24(19)12-14-6-8-15(9-7-14)20(25)21-22-26/h2-9,17,19H,10-13H2,1H3,(H,21,25,26). The number of hydrogen-bond acceptors (Lipinski definition) is 5. The van der Waals surface area contributed by atoms with Crippen LogP contribution in [0.4, 0.5) is 5.69 Å². The van der Waals surface area contributed by atoms with Gasteiger partial charge >= 0.3 is 0 Å². The molecule has 6 heteroatoms. The van der Waals surface area contributed by atoms with Crippen molar-refractivity contribution in [3.63, 3.8) is 0 Å². The maximum atomic E-state index is 11.7. The van der Waals surface area contributed by atoms with Crippen LogP contribution in [0.15, 0.2) is 53.8 Å². The molecule has 2 unspecified atom stereocenters. The Morgan fingerprint density at radius 2 is 1.96 bits per heavy atom. The number of anilines is 1. The number of piperidine rings is 1. The van der Waals surface area contributed by atoms with Gasteiger partial charge in [-0.2, -0.15) is 0 Å². The molecule has 2 aromatic rings. The fourth-order valence-corrected chi connectivity index (χ4v) is 4.29. The number of nitroso groups, excluding NO2 is 1. The van der Waals surface area contributed by atoms with E-state index in [-0.39, 0.29) is 0 Å². The van der Waals surface area contributed by atoms with Gasteiger partial charge in [-0.15, -0.1) is 4.91 Å². The molecule has 2 atom stereocenters. The minimum Gasteiger partial charge on any atom is -0.363 e. The van der Waals surface area contributed by atoms with Crippen molar-refractivity contribution in [2.45, 2.75) is 24.9 Å². The lowest BCUT2D eigenvalue weighted by molar-refractivity contribution is 0.0954. The molecule has 134 valence electrons. The van der Waals surface area contributed by atoms with Crippen LogP contribution in [-0.2, 0) is 6.54 Å². The molecule has 6 nitrogen and oxygen atoms in total. The molecule has 0 radical (unpaired) electrons. The number of rotatable bonds is 4. The number of para-hydroxylation sites is 1. The Morgan fingerprint density at radius 1 is 1.19 bits per heavy atom. The lowest BCUT2D eigenvalue weighted by Gasteiger charge is -2.37. The number of hydrogen-bond donors (Lipinski definition) is 1. The molecule has 4 rings (SSSR count). The summed E-state index contributed by atoms with van der Waals surface area (Å²) in [7, 11) is 2.19. The van der Waals surface area contributed by atoms with E-state index in [1.165, 1.54) is 11.3 Å². The van der Waals surface area contributed by atoms with Crippen LogP contribution >= 0.6 is 0 Å². The van der Waals surface area contributed by atoms with Crippen molar-refractivity contribution in [1.29, 1.82) is 0 Å². The third kappa shape index (κ3) is 2.97. The summed E-state index contributed by atoms with van der Waals surface area (Å²) in [5, 5.41) is 2.43. The molecule has 1 amide bonds. The summed E-state index contributed by atoms with van der Waals surface area (Å²) in [4.78, 5) is 26.8. The van der Waals surface area contributed by atoms with Crippen molar-refractivity contribution in [3.8, 4) is 0 Å². The van der Waals surface area contributed by atoms with Gasteiger partial charge in [-0.1, -0.05) is 30.3 Å². The van der Waals surface area contributed by atoms with Crippen molar-refractivity contribution < 1.29 is 4.79 Å². The Kier molecular flexibility index (Phi) is 4.42. The predicted molar refractivity (Wildman–Crippen MR) is 101 cm³/mol. The second-order valence-electron chi connectivity index (χ2n) is 7.14. The van der Waals surface area contributed by atoms with Gasteiger partial charge in [0.05, 0.1) is 5.29 Å². The number of likely N-dealkylation sites (tertiary alicyclic amines) is 1. The zero-order valence-corrected chi connectivity index (χ0v) is 14.8. The van der Waals surface area contributed by atoms with Gasteiger partial charge in [0.2, 0.25) is 0 Å². The number of amides is 1. The first-order valence-electron chi connectivity index (χ1n) is 8.93. The Morgan fingerprint density at radius 3 is 2.73 bits per heavy atom. The van der Waals surface area contributed by atoms with Gasteiger partial charge in [0, 0.05) is 36.3 Å². The van der Waals surface area contributed by atoms with Crippen LogP contribution < -0.4 is 10.3 Å².